The molecule has 4 aromatic rings. The summed E-state index contributed by atoms with van der Waals surface area (Å²) < 4.78 is 2.62. The normalized spacial score (nSPS) is 12.2. The molecule has 0 aliphatic rings. The van der Waals surface area contributed by atoms with Gasteiger partial charge < -0.3 is 5.11 Å². The van der Waals surface area contributed by atoms with Gasteiger partial charge in [0, 0.05) is 22.5 Å². The van der Waals surface area contributed by atoms with Gasteiger partial charge >= 0.3 is 0 Å². The molecular formula is C20H18BrN3O. The van der Waals surface area contributed by atoms with Crippen LogP contribution in [-0.2, 0) is 6.54 Å². The number of fused-ring (bicyclic) bond motifs is 2. The molecule has 0 aliphatic carbocycles. The van der Waals surface area contributed by atoms with Crippen molar-refractivity contribution in [2.75, 3.05) is 0 Å². The van der Waals surface area contributed by atoms with Crippen molar-refractivity contribution in [3.8, 4) is 11.1 Å². The molecule has 2 aromatic carbocycles. The summed E-state index contributed by atoms with van der Waals surface area (Å²) in [7, 11) is 0. The van der Waals surface area contributed by atoms with E-state index in [1.54, 1.807) is 13.8 Å². The van der Waals surface area contributed by atoms with Gasteiger partial charge in [0.1, 0.15) is 4.60 Å². The number of para-hydroxylation sites is 1. The maximum atomic E-state index is 10.2. The van der Waals surface area contributed by atoms with Gasteiger partial charge in [-0.25, -0.2) is 0 Å². The highest BCUT2D eigenvalue weighted by Crippen LogP contribution is 2.34. The molecule has 0 saturated carbocycles. The molecule has 5 heteroatoms. The molecule has 2 heterocycles. The van der Waals surface area contributed by atoms with Crippen molar-refractivity contribution in [3.63, 3.8) is 0 Å². The maximum absolute atomic E-state index is 10.2. The van der Waals surface area contributed by atoms with Gasteiger partial charge in [0.15, 0.2) is 0 Å². The van der Waals surface area contributed by atoms with Crippen LogP contribution in [0.1, 0.15) is 13.8 Å². The number of aliphatic hydroxyl groups is 1. The molecule has 0 radical (unpaired) electrons. The summed E-state index contributed by atoms with van der Waals surface area (Å²) in [5.74, 6) is 0. The van der Waals surface area contributed by atoms with Crippen LogP contribution in [0.15, 0.2) is 59.3 Å². The van der Waals surface area contributed by atoms with E-state index in [2.05, 4.69) is 44.2 Å². The summed E-state index contributed by atoms with van der Waals surface area (Å²) in [5, 5.41) is 16.9. The van der Waals surface area contributed by atoms with Crippen LogP contribution in [0.4, 0.5) is 0 Å². The van der Waals surface area contributed by atoms with E-state index < -0.39 is 5.60 Å². The van der Waals surface area contributed by atoms with E-state index in [4.69, 9.17) is 0 Å². The Labute approximate surface area is 154 Å². The van der Waals surface area contributed by atoms with Crippen molar-refractivity contribution in [3.05, 3.63) is 59.3 Å². The van der Waals surface area contributed by atoms with Crippen molar-refractivity contribution in [2.45, 2.75) is 26.0 Å². The molecule has 1 N–H and O–H groups in total. The number of rotatable bonds is 3. The molecule has 0 spiro atoms. The van der Waals surface area contributed by atoms with Crippen LogP contribution in [0.2, 0.25) is 0 Å². The molecule has 4 rings (SSSR count). The Morgan fingerprint density at radius 2 is 1.92 bits per heavy atom. The summed E-state index contributed by atoms with van der Waals surface area (Å²) in [5.41, 5.74) is 3.26. The van der Waals surface area contributed by atoms with Gasteiger partial charge in [-0.15, -0.1) is 0 Å². The minimum atomic E-state index is -0.834. The van der Waals surface area contributed by atoms with Crippen molar-refractivity contribution < 1.29 is 5.11 Å². The Hall–Kier alpha value is -2.24. The molecule has 0 saturated heterocycles. The number of hydrogen-bond acceptors (Lipinski definition) is 3. The number of pyridine rings is 1. The average molecular weight is 396 g/mol. The van der Waals surface area contributed by atoms with Crippen molar-refractivity contribution in [1.29, 1.82) is 0 Å². The molecule has 0 amide bonds. The lowest BCUT2D eigenvalue weighted by Gasteiger charge is -2.17. The van der Waals surface area contributed by atoms with Crippen LogP contribution in [0.5, 0.6) is 0 Å². The van der Waals surface area contributed by atoms with Crippen molar-refractivity contribution in [1.82, 2.24) is 14.8 Å². The van der Waals surface area contributed by atoms with E-state index >= 15 is 0 Å². The predicted molar refractivity (Wildman–Crippen MR) is 104 cm³/mol. The van der Waals surface area contributed by atoms with Gasteiger partial charge in [0.25, 0.3) is 0 Å². The second kappa shape index (κ2) is 5.93. The first-order chi connectivity index (χ1) is 11.9. The monoisotopic (exact) mass is 395 g/mol. The SMILES string of the molecule is CC(C)(O)Cn1nc(Br)c2c(-c3cnc4ccccc4c3)cccc21. The molecule has 126 valence electrons. The van der Waals surface area contributed by atoms with E-state index in [9.17, 15) is 5.11 Å². The van der Waals surface area contributed by atoms with Crippen LogP contribution in [-0.4, -0.2) is 25.5 Å². The number of aromatic nitrogens is 3. The molecule has 0 aliphatic heterocycles. The average Bonchev–Trinajstić information content (AvgIpc) is 2.89. The van der Waals surface area contributed by atoms with Gasteiger partial charge in [-0.3, -0.25) is 9.67 Å². The van der Waals surface area contributed by atoms with E-state index in [1.165, 1.54) is 0 Å². The lowest BCUT2D eigenvalue weighted by Crippen LogP contribution is -2.26. The van der Waals surface area contributed by atoms with Gasteiger partial charge in [0.2, 0.25) is 0 Å². The Balaban J connectivity index is 1.92. The van der Waals surface area contributed by atoms with Gasteiger partial charge in [-0.2, -0.15) is 5.10 Å². The fourth-order valence-electron chi connectivity index (χ4n) is 3.13. The second-order valence-corrected chi connectivity index (χ2v) is 7.63. The summed E-state index contributed by atoms with van der Waals surface area (Å²) in [6.07, 6.45) is 1.90. The number of hydrogen-bond donors (Lipinski definition) is 1. The van der Waals surface area contributed by atoms with Crippen LogP contribution >= 0.6 is 15.9 Å². The van der Waals surface area contributed by atoms with E-state index in [1.807, 2.05) is 41.2 Å². The summed E-state index contributed by atoms with van der Waals surface area (Å²) in [6, 6.07) is 16.4. The Kier molecular flexibility index (Phi) is 3.85. The zero-order valence-corrected chi connectivity index (χ0v) is 15.7. The molecule has 0 atom stereocenters. The molecule has 0 unspecified atom stereocenters. The topological polar surface area (TPSA) is 50.9 Å². The zero-order valence-electron chi connectivity index (χ0n) is 14.1. The largest absolute Gasteiger partial charge is 0.389 e. The first-order valence-electron chi connectivity index (χ1n) is 8.15. The molecular weight excluding hydrogens is 378 g/mol. The highest BCUT2D eigenvalue weighted by molar-refractivity contribution is 9.10. The highest BCUT2D eigenvalue weighted by atomic mass is 79.9. The molecule has 0 fully saturated rings. The smallest absolute Gasteiger partial charge is 0.136 e. The summed E-state index contributed by atoms with van der Waals surface area (Å²) >= 11 is 3.59. The summed E-state index contributed by atoms with van der Waals surface area (Å²) in [6.45, 7) is 3.99. The Morgan fingerprint density at radius 3 is 2.72 bits per heavy atom. The lowest BCUT2D eigenvalue weighted by atomic mass is 10.0. The van der Waals surface area contributed by atoms with Gasteiger partial charge in [-0.1, -0.05) is 30.3 Å². The first-order valence-corrected chi connectivity index (χ1v) is 8.94. The fourth-order valence-corrected chi connectivity index (χ4v) is 3.74. The van der Waals surface area contributed by atoms with Crippen molar-refractivity contribution in [2.24, 2.45) is 0 Å². The number of nitrogens with zero attached hydrogens (tertiary/aromatic N) is 3. The minimum Gasteiger partial charge on any atom is -0.389 e. The third-order valence-corrected chi connectivity index (χ3v) is 4.73. The van der Waals surface area contributed by atoms with E-state index in [-0.39, 0.29) is 0 Å². The third-order valence-electron chi connectivity index (χ3n) is 4.17. The quantitative estimate of drug-likeness (QED) is 0.542. The van der Waals surface area contributed by atoms with E-state index in [0.29, 0.717) is 6.54 Å². The number of halogens is 1. The van der Waals surface area contributed by atoms with Gasteiger partial charge in [-0.05, 0) is 53.5 Å². The molecule has 4 nitrogen and oxygen atoms in total. The van der Waals surface area contributed by atoms with Crippen LogP contribution < -0.4 is 0 Å². The van der Waals surface area contributed by atoms with Gasteiger partial charge in [0.05, 0.1) is 23.2 Å². The van der Waals surface area contributed by atoms with Crippen molar-refractivity contribution >= 4 is 37.7 Å². The molecule has 2 aromatic heterocycles. The lowest BCUT2D eigenvalue weighted by molar-refractivity contribution is 0.0590. The van der Waals surface area contributed by atoms with Crippen LogP contribution in [0.25, 0.3) is 32.9 Å². The van der Waals surface area contributed by atoms with E-state index in [0.717, 1.165) is 37.5 Å². The standard InChI is InChI=1S/C20H18BrN3O/c1-20(2,25)12-24-17-9-5-7-15(18(17)19(21)23-24)14-10-13-6-3-4-8-16(13)22-11-14/h3-11,25H,12H2,1-2H3. The maximum Gasteiger partial charge on any atom is 0.136 e. The summed E-state index contributed by atoms with van der Waals surface area (Å²) in [4.78, 5) is 4.58. The Bertz CT molecular complexity index is 1080. The second-order valence-electron chi connectivity index (χ2n) is 6.88. The predicted octanol–water partition coefficient (Wildman–Crippen LogP) is 4.78. The minimum absolute atomic E-state index is 0.425. The zero-order chi connectivity index (χ0) is 17.6. The Morgan fingerprint density at radius 1 is 1.12 bits per heavy atom. The highest BCUT2D eigenvalue weighted by Gasteiger charge is 2.19. The third kappa shape index (κ3) is 3.05. The van der Waals surface area contributed by atoms with Crippen LogP contribution in [0.3, 0.4) is 0 Å². The first kappa shape index (κ1) is 16.2. The molecule has 0 bridgehead atoms. The number of benzene rings is 2. The van der Waals surface area contributed by atoms with Crippen LogP contribution in [0, 0.1) is 0 Å². The fraction of sp³-hybridized carbons (Fsp3) is 0.200. The molecule has 25 heavy (non-hydrogen) atoms.